The van der Waals surface area contributed by atoms with Gasteiger partial charge in [-0.1, -0.05) is 22.0 Å². The first-order valence-electron chi connectivity index (χ1n) is 6.86. The second-order valence-electron chi connectivity index (χ2n) is 5.42. The Morgan fingerprint density at radius 1 is 1.24 bits per heavy atom. The van der Waals surface area contributed by atoms with Crippen LogP contribution in [0.25, 0.3) is 22.4 Å². The first kappa shape index (κ1) is 12.8. The molecule has 1 aromatic heterocycles. The number of halogens is 2. The van der Waals surface area contributed by atoms with Gasteiger partial charge < -0.3 is 10.3 Å². The van der Waals surface area contributed by atoms with Crippen molar-refractivity contribution in [1.82, 2.24) is 9.55 Å². The van der Waals surface area contributed by atoms with Gasteiger partial charge in [0.2, 0.25) is 0 Å². The highest BCUT2D eigenvalue weighted by atomic mass is 79.9. The van der Waals surface area contributed by atoms with Gasteiger partial charge in [0.05, 0.1) is 5.52 Å². The molecule has 1 aliphatic carbocycles. The fourth-order valence-corrected chi connectivity index (χ4v) is 3.24. The summed E-state index contributed by atoms with van der Waals surface area (Å²) in [7, 11) is 0. The molecule has 2 N–H and O–H groups in total. The number of hydrogen-bond acceptors (Lipinski definition) is 2. The minimum atomic E-state index is -0.281. The summed E-state index contributed by atoms with van der Waals surface area (Å²) >= 11 is 3.45. The van der Waals surface area contributed by atoms with Gasteiger partial charge in [0.1, 0.15) is 11.3 Å². The van der Waals surface area contributed by atoms with Crippen LogP contribution in [-0.4, -0.2) is 9.55 Å². The van der Waals surface area contributed by atoms with E-state index in [0.717, 1.165) is 34.2 Å². The van der Waals surface area contributed by atoms with E-state index < -0.39 is 0 Å². The molecule has 4 rings (SSSR count). The number of para-hydroxylation sites is 1. The number of benzene rings is 2. The maximum Gasteiger partial charge on any atom is 0.151 e. The standard InChI is InChI=1S/C16H13BrFN3/c17-10-6-9(7-11(19)8-10)16-20-15-13(18)2-1-3-14(15)21(16)12-4-5-12/h1-3,6-8,12H,4-5,19H2. The zero-order valence-electron chi connectivity index (χ0n) is 11.2. The van der Waals surface area contributed by atoms with Crippen molar-refractivity contribution in [1.29, 1.82) is 0 Å². The van der Waals surface area contributed by atoms with Crippen molar-refractivity contribution in [3.05, 3.63) is 46.7 Å². The molecule has 1 saturated carbocycles. The first-order chi connectivity index (χ1) is 10.1. The Bertz CT molecular complexity index is 832. The Morgan fingerprint density at radius 2 is 2.05 bits per heavy atom. The molecule has 3 nitrogen and oxygen atoms in total. The molecular weight excluding hydrogens is 333 g/mol. The van der Waals surface area contributed by atoms with Crippen LogP contribution in [0.4, 0.5) is 10.1 Å². The van der Waals surface area contributed by atoms with E-state index in [9.17, 15) is 4.39 Å². The van der Waals surface area contributed by atoms with Gasteiger partial charge in [-0.3, -0.25) is 0 Å². The number of fused-ring (bicyclic) bond motifs is 1. The zero-order chi connectivity index (χ0) is 14.6. The quantitative estimate of drug-likeness (QED) is 0.693. The molecule has 5 heteroatoms. The van der Waals surface area contributed by atoms with Crippen molar-refractivity contribution in [2.75, 3.05) is 5.73 Å². The summed E-state index contributed by atoms with van der Waals surface area (Å²) in [4.78, 5) is 4.54. The molecule has 3 aromatic rings. The van der Waals surface area contributed by atoms with Crippen molar-refractivity contribution in [2.24, 2.45) is 0 Å². The lowest BCUT2D eigenvalue weighted by Crippen LogP contribution is -1.98. The number of nitrogen functional groups attached to an aromatic ring is 1. The maximum atomic E-state index is 14.0. The molecule has 106 valence electrons. The topological polar surface area (TPSA) is 43.8 Å². The van der Waals surface area contributed by atoms with Crippen LogP contribution in [0.3, 0.4) is 0 Å². The van der Waals surface area contributed by atoms with E-state index in [1.165, 1.54) is 6.07 Å². The third kappa shape index (κ3) is 2.12. The Hall–Kier alpha value is -1.88. The highest BCUT2D eigenvalue weighted by Crippen LogP contribution is 2.42. The Labute approximate surface area is 129 Å². The van der Waals surface area contributed by atoms with Crippen molar-refractivity contribution < 1.29 is 4.39 Å². The first-order valence-corrected chi connectivity index (χ1v) is 7.65. The van der Waals surface area contributed by atoms with Crippen LogP contribution in [0.5, 0.6) is 0 Å². The van der Waals surface area contributed by atoms with Crippen LogP contribution in [0, 0.1) is 5.82 Å². The van der Waals surface area contributed by atoms with Crippen molar-refractivity contribution in [3.63, 3.8) is 0 Å². The van der Waals surface area contributed by atoms with Crippen LogP contribution >= 0.6 is 15.9 Å². The third-order valence-corrected chi connectivity index (χ3v) is 4.22. The highest BCUT2D eigenvalue weighted by molar-refractivity contribution is 9.10. The van der Waals surface area contributed by atoms with Gasteiger partial charge in [-0.15, -0.1) is 0 Å². The summed E-state index contributed by atoms with van der Waals surface area (Å²) in [5.74, 6) is 0.502. The van der Waals surface area contributed by atoms with Gasteiger partial charge in [-0.25, -0.2) is 9.37 Å². The van der Waals surface area contributed by atoms with Gasteiger partial charge in [0, 0.05) is 21.8 Å². The fraction of sp³-hybridized carbons (Fsp3) is 0.188. The Kier molecular flexibility index (Phi) is 2.79. The maximum absolute atomic E-state index is 14.0. The molecule has 1 aliphatic rings. The number of nitrogens with two attached hydrogens (primary N) is 1. The molecule has 0 unspecified atom stereocenters. The minimum absolute atomic E-state index is 0.281. The predicted octanol–water partition coefficient (Wildman–Crippen LogP) is 4.52. The number of aromatic nitrogens is 2. The summed E-state index contributed by atoms with van der Waals surface area (Å²) < 4.78 is 17.1. The molecule has 0 radical (unpaired) electrons. The summed E-state index contributed by atoms with van der Waals surface area (Å²) in [6.45, 7) is 0. The Balaban J connectivity index is 2.03. The average molecular weight is 346 g/mol. The number of nitrogens with zero attached hydrogens (tertiary/aromatic N) is 2. The molecule has 1 heterocycles. The average Bonchev–Trinajstić information content (AvgIpc) is 3.18. The second kappa shape index (κ2) is 4.56. The van der Waals surface area contributed by atoms with E-state index in [1.54, 1.807) is 6.07 Å². The molecule has 21 heavy (non-hydrogen) atoms. The fourth-order valence-electron chi connectivity index (χ4n) is 2.73. The molecule has 0 saturated heterocycles. The lowest BCUT2D eigenvalue weighted by molar-refractivity contribution is 0.637. The molecule has 0 bridgehead atoms. The molecule has 0 atom stereocenters. The van der Waals surface area contributed by atoms with Crippen molar-refractivity contribution >= 4 is 32.7 Å². The molecule has 2 aromatic carbocycles. The van der Waals surface area contributed by atoms with Crippen LogP contribution in [0.1, 0.15) is 18.9 Å². The number of hydrogen-bond donors (Lipinski definition) is 1. The SMILES string of the molecule is Nc1cc(Br)cc(-c2nc3c(F)cccc3n2C2CC2)c1. The largest absolute Gasteiger partial charge is 0.399 e. The minimum Gasteiger partial charge on any atom is -0.399 e. The number of imidazole rings is 1. The van der Waals surface area contributed by atoms with Crippen LogP contribution in [-0.2, 0) is 0 Å². The van der Waals surface area contributed by atoms with E-state index >= 15 is 0 Å². The molecule has 0 aliphatic heterocycles. The Morgan fingerprint density at radius 3 is 2.76 bits per heavy atom. The monoisotopic (exact) mass is 345 g/mol. The molecule has 1 fully saturated rings. The second-order valence-corrected chi connectivity index (χ2v) is 6.33. The van der Waals surface area contributed by atoms with Crippen LogP contribution < -0.4 is 5.73 Å². The lowest BCUT2D eigenvalue weighted by atomic mass is 10.2. The van der Waals surface area contributed by atoms with E-state index in [4.69, 9.17) is 5.73 Å². The van der Waals surface area contributed by atoms with Crippen LogP contribution in [0.2, 0.25) is 0 Å². The van der Waals surface area contributed by atoms with Gasteiger partial charge in [-0.05, 0) is 43.2 Å². The zero-order valence-corrected chi connectivity index (χ0v) is 12.8. The summed E-state index contributed by atoms with van der Waals surface area (Å²) in [6, 6.07) is 11.2. The van der Waals surface area contributed by atoms with Gasteiger partial charge in [-0.2, -0.15) is 0 Å². The van der Waals surface area contributed by atoms with Gasteiger partial charge >= 0.3 is 0 Å². The van der Waals surface area contributed by atoms with E-state index in [2.05, 4.69) is 25.5 Å². The summed E-state index contributed by atoms with van der Waals surface area (Å²) in [5, 5.41) is 0. The van der Waals surface area contributed by atoms with E-state index in [-0.39, 0.29) is 5.82 Å². The molecule has 0 amide bonds. The van der Waals surface area contributed by atoms with Gasteiger partial charge in [0.15, 0.2) is 5.82 Å². The lowest BCUT2D eigenvalue weighted by Gasteiger charge is -2.09. The summed E-state index contributed by atoms with van der Waals surface area (Å²) in [6.07, 6.45) is 2.22. The third-order valence-electron chi connectivity index (χ3n) is 3.76. The van der Waals surface area contributed by atoms with Crippen molar-refractivity contribution in [3.8, 4) is 11.4 Å². The summed E-state index contributed by atoms with van der Waals surface area (Å²) in [5.41, 5.74) is 8.77. The molecular formula is C16H13BrFN3. The smallest absolute Gasteiger partial charge is 0.151 e. The molecule has 0 spiro atoms. The number of rotatable bonds is 2. The number of anilines is 1. The normalized spacial score (nSPS) is 14.8. The highest BCUT2D eigenvalue weighted by Gasteiger charge is 2.29. The van der Waals surface area contributed by atoms with Gasteiger partial charge in [0.25, 0.3) is 0 Å². The van der Waals surface area contributed by atoms with Crippen molar-refractivity contribution in [2.45, 2.75) is 18.9 Å². The van der Waals surface area contributed by atoms with E-state index in [1.807, 2.05) is 24.3 Å². The van der Waals surface area contributed by atoms with E-state index in [0.29, 0.717) is 17.2 Å². The predicted molar refractivity (Wildman–Crippen MR) is 85.5 cm³/mol. The van der Waals surface area contributed by atoms with Crippen LogP contribution in [0.15, 0.2) is 40.9 Å².